The number of ether oxygens (including phenoxy) is 3. The molecule has 2 aromatic carbocycles. The minimum atomic E-state index is -0.629. The van der Waals surface area contributed by atoms with E-state index in [1.165, 1.54) is 0 Å². The fourth-order valence-corrected chi connectivity index (χ4v) is 2.26. The van der Waals surface area contributed by atoms with Crippen molar-refractivity contribution in [3.8, 4) is 17.2 Å². The molecule has 0 aliphatic heterocycles. The van der Waals surface area contributed by atoms with Crippen LogP contribution in [0.1, 0.15) is 20.3 Å². The smallest absolute Gasteiger partial charge is 0.265 e. The van der Waals surface area contributed by atoms with E-state index in [2.05, 4.69) is 5.32 Å². The molecule has 0 aliphatic rings. The summed E-state index contributed by atoms with van der Waals surface area (Å²) in [7, 11) is 1.57. The Morgan fingerprint density at radius 1 is 1.00 bits per heavy atom. The number of hydrogen-bond donors (Lipinski definition) is 1. The second-order valence-electron chi connectivity index (χ2n) is 5.08. The molecular formula is C19H23NO4. The van der Waals surface area contributed by atoms with Gasteiger partial charge in [-0.1, -0.05) is 31.2 Å². The van der Waals surface area contributed by atoms with Gasteiger partial charge in [0.05, 0.1) is 19.4 Å². The quantitative estimate of drug-likeness (QED) is 0.798. The number of para-hydroxylation sites is 4. The highest BCUT2D eigenvalue weighted by Gasteiger charge is 2.21. The van der Waals surface area contributed by atoms with Gasteiger partial charge in [0.15, 0.2) is 17.6 Å². The van der Waals surface area contributed by atoms with Crippen molar-refractivity contribution in [2.24, 2.45) is 0 Å². The van der Waals surface area contributed by atoms with Gasteiger partial charge >= 0.3 is 0 Å². The minimum absolute atomic E-state index is 0.226. The van der Waals surface area contributed by atoms with Gasteiger partial charge in [-0.2, -0.15) is 0 Å². The molecule has 0 fully saturated rings. The van der Waals surface area contributed by atoms with Crippen molar-refractivity contribution in [3.63, 3.8) is 0 Å². The van der Waals surface area contributed by atoms with E-state index in [0.29, 0.717) is 36.0 Å². The summed E-state index contributed by atoms with van der Waals surface area (Å²) in [6, 6.07) is 14.6. The number of rotatable bonds is 8. The van der Waals surface area contributed by atoms with Crippen LogP contribution in [0, 0.1) is 0 Å². The summed E-state index contributed by atoms with van der Waals surface area (Å²) in [5, 5.41) is 2.87. The summed E-state index contributed by atoms with van der Waals surface area (Å²) < 4.78 is 16.6. The molecule has 0 radical (unpaired) electrons. The van der Waals surface area contributed by atoms with Gasteiger partial charge in [-0.05, 0) is 37.6 Å². The van der Waals surface area contributed by atoms with Crippen LogP contribution in [0.5, 0.6) is 17.2 Å². The summed E-state index contributed by atoms with van der Waals surface area (Å²) in [5.41, 5.74) is 0.631. The Labute approximate surface area is 142 Å². The minimum Gasteiger partial charge on any atom is -0.493 e. The number of carbonyl (C=O) groups excluding carboxylic acids is 1. The number of anilines is 1. The lowest BCUT2D eigenvalue weighted by atomic mass is 10.2. The summed E-state index contributed by atoms with van der Waals surface area (Å²) in [6.07, 6.45) is -0.100. The molecule has 0 bridgehead atoms. The van der Waals surface area contributed by atoms with E-state index in [9.17, 15) is 4.79 Å². The molecule has 0 saturated carbocycles. The average molecular weight is 329 g/mol. The first kappa shape index (κ1) is 17.7. The molecule has 0 aliphatic carbocycles. The van der Waals surface area contributed by atoms with Crippen LogP contribution in [0.15, 0.2) is 48.5 Å². The van der Waals surface area contributed by atoms with E-state index in [1.54, 1.807) is 25.3 Å². The zero-order valence-corrected chi connectivity index (χ0v) is 14.2. The summed E-state index contributed by atoms with van der Waals surface area (Å²) >= 11 is 0. The van der Waals surface area contributed by atoms with Crippen LogP contribution in [-0.2, 0) is 4.79 Å². The maximum atomic E-state index is 12.6. The molecule has 128 valence electrons. The Bertz CT molecular complexity index is 672. The van der Waals surface area contributed by atoms with Crippen molar-refractivity contribution in [3.05, 3.63) is 48.5 Å². The first-order valence-electron chi connectivity index (χ1n) is 8.01. The summed E-state index contributed by atoms with van der Waals surface area (Å²) in [5.74, 6) is 1.55. The number of benzene rings is 2. The Hall–Kier alpha value is -2.69. The maximum absolute atomic E-state index is 12.6. The van der Waals surface area contributed by atoms with Crippen LogP contribution >= 0.6 is 0 Å². The molecule has 24 heavy (non-hydrogen) atoms. The first-order chi connectivity index (χ1) is 11.7. The Morgan fingerprint density at radius 2 is 1.62 bits per heavy atom. The van der Waals surface area contributed by atoms with E-state index in [1.807, 2.05) is 44.2 Å². The molecule has 1 N–H and O–H groups in total. The van der Waals surface area contributed by atoms with E-state index >= 15 is 0 Å². The second-order valence-corrected chi connectivity index (χ2v) is 5.08. The van der Waals surface area contributed by atoms with Crippen molar-refractivity contribution >= 4 is 11.6 Å². The Kier molecular flexibility index (Phi) is 6.49. The van der Waals surface area contributed by atoms with Crippen LogP contribution in [-0.4, -0.2) is 25.7 Å². The van der Waals surface area contributed by atoms with Crippen molar-refractivity contribution < 1.29 is 19.0 Å². The fourth-order valence-electron chi connectivity index (χ4n) is 2.26. The van der Waals surface area contributed by atoms with Gasteiger partial charge in [0, 0.05) is 0 Å². The van der Waals surface area contributed by atoms with Crippen LogP contribution in [0.3, 0.4) is 0 Å². The van der Waals surface area contributed by atoms with Crippen LogP contribution in [0.4, 0.5) is 5.69 Å². The molecule has 0 spiro atoms. The Morgan fingerprint density at radius 3 is 2.25 bits per heavy atom. The number of carbonyl (C=O) groups is 1. The number of amides is 1. The zero-order valence-electron chi connectivity index (χ0n) is 14.2. The van der Waals surface area contributed by atoms with Crippen molar-refractivity contribution in [1.29, 1.82) is 0 Å². The predicted octanol–water partition coefficient (Wildman–Crippen LogP) is 3.89. The van der Waals surface area contributed by atoms with Crippen molar-refractivity contribution in [2.75, 3.05) is 19.0 Å². The molecule has 0 aromatic heterocycles. The third-order valence-corrected chi connectivity index (χ3v) is 3.45. The van der Waals surface area contributed by atoms with Gasteiger partial charge < -0.3 is 19.5 Å². The van der Waals surface area contributed by atoms with Crippen molar-refractivity contribution in [2.45, 2.75) is 26.4 Å². The molecule has 0 heterocycles. The number of hydrogen-bond acceptors (Lipinski definition) is 4. The van der Waals surface area contributed by atoms with E-state index in [4.69, 9.17) is 14.2 Å². The van der Waals surface area contributed by atoms with Gasteiger partial charge in [0.2, 0.25) is 0 Å². The van der Waals surface area contributed by atoms with Crippen LogP contribution < -0.4 is 19.5 Å². The first-order valence-corrected chi connectivity index (χ1v) is 8.01. The van der Waals surface area contributed by atoms with Crippen LogP contribution in [0.25, 0.3) is 0 Å². The topological polar surface area (TPSA) is 56.8 Å². The highest BCUT2D eigenvalue weighted by atomic mass is 16.5. The largest absolute Gasteiger partial charge is 0.493 e. The lowest BCUT2D eigenvalue weighted by Crippen LogP contribution is -2.32. The number of methoxy groups -OCH3 is 1. The van der Waals surface area contributed by atoms with Gasteiger partial charge in [0.25, 0.3) is 5.91 Å². The molecular weight excluding hydrogens is 306 g/mol. The van der Waals surface area contributed by atoms with Gasteiger partial charge in [0.1, 0.15) is 5.75 Å². The van der Waals surface area contributed by atoms with Gasteiger partial charge in [-0.15, -0.1) is 0 Å². The maximum Gasteiger partial charge on any atom is 0.265 e. The zero-order chi connectivity index (χ0) is 17.4. The SMILES string of the molecule is CCOc1ccccc1NC(=O)[C@@H](CC)Oc1ccccc1OC. The highest BCUT2D eigenvalue weighted by Crippen LogP contribution is 2.28. The number of nitrogens with one attached hydrogen (secondary N) is 1. The normalized spacial score (nSPS) is 11.5. The Balaban J connectivity index is 2.12. The summed E-state index contributed by atoms with van der Waals surface area (Å²) in [6.45, 7) is 4.33. The van der Waals surface area contributed by atoms with E-state index in [-0.39, 0.29) is 5.91 Å². The van der Waals surface area contributed by atoms with Gasteiger partial charge in [-0.3, -0.25) is 4.79 Å². The summed E-state index contributed by atoms with van der Waals surface area (Å²) in [4.78, 5) is 12.6. The molecule has 2 rings (SSSR count). The van der Waals surface area contributed by atoms with Gasteiger partial charge in [-0.25, -0.2) is 0 Å². The second kappa shape index (κ2) is 8.82. The third kappa shape index (κ3) is 4.41. The third-order valence-electron chi connectivity index (χ3n) is 3.45. The molecule has 1 atom stereocenters. The monoisotopic (exact) mass is 329 g/mol. The standard InChI is InChI=1S/C19H23NO4/c1-4-15(24-18-13-9-8-12-17(18)22-3)19(21)20-14-10-6-7-11-16(14)23-5-2/h6-13,15H,4-5H2,1-3H3,(H,20,21)/t15-/m1/s1. The molecule has 0 saturated heterocycles. The molecule has 2 aromatic rings. The molecule has 1 amide bonds. The lowest BCUT2D eigenvalue weighted by Gasteiger charge is -2.19. The fraction of sp³-hybridized carbons (Fsp3) is 0.316. The average Bonchev–Trinajstić information content (AvgIpc) is 2.61. The van der Waals surface area contributed by atoms with Crippen molar-refractivity contribution in [1.82, 2.24) is 0 Å². The van der Waals surface area contributed by atoms with Crippen LogP contribution in [0.2, 0.25) is 0 Å². The lowest BCUT2D eigenvalue weighted by molar-refractivity contribution is -0.122. The molecule has 0 unspecified atom stereocenters. The highest BCUT2D eigenvalue weighted by molar-refractivity contribution is 5.95. The molecule has 5 nitrogen and oxygen atoms in total. The molecule has 5 heteroatoms. The van der Waals surface area contributed by atoms with E-state index in [0.717, 1.165) is 0 Å². The predicted molar refractivity (Wildman–Crippen MR) is 93.9 cm³/mol. The van der Waals surface area contributed by atoms with E-state index < -0.39 is 6.10 Å².